The SMILES string of the molecule is CC(C)CCN(CCC(C)C)C(=O)c1ccc2nc(NCCc3ccc(S(N)(=O)=O)cc3)n(CCCN3CCCCC3)c2c1. The summed E-state index contributed by atoms with van der Waals surface area (Å²) in [7, 11) is -3.71. The fourth-order valence-corrected chi connectivity index (χ4v) is 6.26. The summed E-state index contributed by atoms with van der Waals surface area (Å²) in [4.78, 5) is 23.4. The molecule has 0 radical (unpaired) electrons. The highest BCUT2D eigenvalue weighted by atomic mass is 32.2. The number of likely N-dealkylation sites (tertiary alicyclic amines) is 1. The molecule has 9 nitrogen and oxygen atoms in total. The number of hydrogen-bond acceptors (Lipinski definition) is 6. The molecule has 1 fully saturated rings. The van der Waals surface area contributed by atoms with Crippen LogP contribution in [0.3, 0.4) is 0 Å². The van der Waals surface area contributed by atoms with Crippen molar-refractivity contribution >= 4 is 32.9 Å². The molecule has 2 heterocycles. The Morgan fingerprint density at radius 3 is 2.23 bits per heavy atom. The fourth-order valence-electron chi connectivity index (χ4n) is 5.74. The van der Waals surface area contributed by atoms with Crippen LogP contribution in [-0.2, 0) is 23.0 Å². The zero-order valence-corrected chi connectivity index (χ0v) is 27.9. The number of imidazole rings is 1. The predicted molar refractivity (Wildman–Crippen MR) is 179 cm³/mol. The van der Waals surface area contributed by atoms with Crippen LogP contribution in [0, 0.1) is 11.8 Å². The Labute approximate surface area is 264 Å². The van der Waals surface area contributed by atoms with E-state index >= 15 is 0 Å². The van der Waals surface area contributed by atoms with Gasteiger partial charge in [0.05, 0.1) is 15.9 Å². The van der Waals surface area contributed by atoms with Crippen molar-refractivity contribution < 1.29 is 13.2 Å². The summed E-state index contributed by atoms with van der Waals surface area (Å²) < 4.78 is 25.4. The molecule has 10 heteroatoms. The molecule has 1 saturated heterocycles. The minimum atomic E-state index is -3.71. The number of fused-ring (bicyclic) bond motifs is 1. The number of nitrogens with zero attached hydrogens (tertiary/aromatic N) is 4. The number of amides is 1. The van der Waals surface area contributed by atoms with Crippen molar-refractivity contribution in [3.8, 4) is 0 Å². The number of aromatic nitrogens is 2. The first-order valence-corrected chi connectivity index (χ1v) is 17.9. The van der Waals surface area contributed by atoms with Crippen LogP contribution < -0.4 is 10.5 Å². The number of hydrogen-bond donors (Lipinski definition) is 2. The van der Waals surface area contributed by atoms with E-state index in [0.29, 0.717) is 30.4 Å². The molecule has 0 unspecified atom stereocenters. The maximum absolute atomic E-state index is 13.8. The summed E-state index contributed by atoms with van der Waals surface area (Å²) in [6.07, 6.45) is 7.54. The van der Waals surface area contributed by atoms with E-state index < -0.39 is 10.0 Å². The molecule has 0 bridgehead atoms. The average Bonchev–Trinajstić information content (AvgIpc) is 3.33. The van der Waals surface area contributed by atoms with Crippen molar-refractivity contribution in [2.45, 2.75) is 84.1 Å². The van der Waals surface area contributed by atoms with Gasteiger partial charge in [-0.25, -0.2) is 18.5 Å². The highest BCUT2D eigenvalue weighted by Crippen LogP contribution is 2.24. The third-order valence-electron chi connectivity index (χ3n) is 8.49. The Balaban J connectivity index is 1.54. The van der Waals surface area contributed by atoms with E-state index in [9.17, 15) is 13.2 Å². The molecule has 1 amide bonds. The fraction of sp³-hybridized carbons (Fsp3) is 0.588. The van der Waals surface area contributed by atoms with E-state index in [1.807, 2.05) is 23.1 Å². The van der Waals surface area contributed by atoms with Gasteiger partial charge in [-0.05, 0) is 106 Å². The van der Waals surface area contributed by atoms with Gasteiger partial charge in [-0.3, -0.25) is 4.79 Å². The number of sulfonamides is 1. The molecule has 4 rings (SSSR count). The van der Waals surface area contributed by atoms with E-state index in [4.69, 9.17) is 10.1 Å². The van der Waals surface area contributed by atoms with Gasteiger partial charge >= 0.3 is 0 Å². The summed E-state index contributed by atoms with van der Waals surface area (Å²) >= 11 is 0. The lowest BCUT2D eigenvalue weighted by Crippen LogP contribution is -2.34. The summed E-state index contributed by atoms with van der Waals surface area (Å²) in [5.74, 6) is 1.95. The Morgan fingerprint density at radius 2 is 1.61 bits per heavy atom. The Hall–Kier alpha value is -2.95. The van der Waals surface area contributed by atoms with Crippen LogP contribution in [0.2, 0.25) is 0 Å². The van der Waals surface area contributed by atoms with Crippen LogP contribution in [0.1, 0.15) is 82.1 Å². The lowest BCUT2D eigenvalue weighted by atomic mass is 10.1. The second-order valence-corrected chi connectivity index (χ2v) is 14.6. The Morgan fingerprint density at radius 1 is 0.955 bits per heavy atom. The second-order valence-electron chi connectivity index (χ2n) is 13.1. The van der Waals surface area contributed by atoms with E-state index in [2.05, 4.69) is 42.5 Å². The summed E-state index contributed by atoms with van der Waals surface area (Å²) in [6, 6.07) is 12.6. The molecular formula is C34H52N6O3S. The molecule has 3 N–H and O–H groups in total. The van der Waals surface area contributed by atoms with E-state index in [0.717, 1.165) is 68.0 Å². The molecule has 1 aromatic heterocycles. The largest absolute Gasteiger partial charge is 0.355 e. The lowest BCUT2D eigenvalue weighted by Gasteiger charge is -2.26. The third kappa shape index (κ3) is 9.78. The normalized spacial score (nSPS) is 14.5. The van der Waals surface area contributed by atoms with Crippen LogP contribution in [0.25, 0.3) is 11.0 Å². The first-order valence-electron chi connectivity index (χ1n) is 16.4. The molecule has 44 heavy (non-hydrogen) atoms. The smallest absolute Gasteiger partial charge is 0.253 e. The monoisotopic (exact) mass is 624 g/mol. The summed E-state index contributed by atoms with van der Waals surface area (Å²) in [6.45, 7) is 15.2. The van der Waals surface area contributed by atoms with Gasteiger partial charge in [0.2, 0.25) is 16.0 Å². The number of rotatable bonds is 16. The minimum absolute atomic E-state index is 0.0896. The number of aryl methyl sites for hydroxylation is 1. The molecule has 242 valence electrons. The Kier molecular flexibility index (Phi) is 12.2. The topological polar surface area (TPSA) is 114 Å². The average molecular weight is 625 g/mol. The van der Waals surface area contributed by atoms with Gasteiger partial charge in [-0.15, -0.1) is 0 Å². The van der Waals surface area contributed by atoms with Crippen LogP contribution >= 0.6 is 0 Å². The summed E-state index contributed by atoms with van der Waals surface area (Å²) in [5, 5.41) is 8.77. The van der Waals surface area contributed by atoms with E-state index in [1.54, 1.807) is 24.3 Å². The standard InChI is InChI=1S/C34H52N6O3S/c1-26(2)16-23-39(24-17-27(3)4)33(41)29-11-14-31-32(25-29)40(22-8-21-38-19-6-5-7-20-38)34(37-31)36-18-15-28-9-12-30(13-10-28)44(35,42)43/h9-14,25-27H,5-8,15-24H2,1-4H3,(H,36,37)(H2,35,42,43). The summed E-state index contributed by atoms with van der Waals surface area (Å²) in [5.41, 5.74) is 3.56. The van der Waals surface area contributed by atoms with Crippen LogP contribution in [0.5, 0.6) is 0 Å². The van der Waals surface area contributed by atoms with Crippen molar-refractivity contribution in [2.75, 3.05) is 44.6 Å². The molecule has 0 aliphatic carbocycles. The van der Waals surface area contributed by atoms with Crippen LogP contribution in [-0.4, -0.2) is 72.9 Å². The number of carbonyl (C=O) groups is 1. The number of piperidine rings is 1. The van der Waals surface area contributed by atoms with Gasteiger partial charge in [0, 0.05) is 31.7 Å². The first-order chi connectivity index (χ1) is 21.0. The van der Waals surface area contributed by atoms with Crippen molar-refractivity contribution in [3.63, 3.8) is 0 Å². The van der Waals surface area contributed by atoms with Crippen LogP contribution in [0.4, 0.5) is 5.95 Å². The molecule has 3 aromatic rings. The van der Waals surface area contributed by atoms with Gasteiger partial charge in [0.15, 0.2) is 0 Å². The van der Waals surface area contributed by atoms with Gasteiger partial charge in [-0.2, -0.15) is 0 Å². The van der Waals surface area contributed by atoms with Crippen molar-refractivity contribution in [1.82, 2.24) is 19.4 Å². The van der Waals surface area contributed by atoms with Gasteiger partial charge in [0.1, 0.15) is 0 Å². The third-order valence-corrected chi connectivity index (χ3v) is 9.42. The molecule has 0 spiro atoms. The van der Waals surface area contributed by atoms with Crippen LogP contribution in [0.15, 0.2) is 47.4 Å². The lowest BCUT2D eigenvalue weighted by molar-refractivity contribution is 0.0741. The first kappa shape index (κ1) is 33.9. The number of carbonyl (C=O) groups excluding carboxylic acids is 1. The molecule has 2 aromatic carbocycles. The second kappa shape index (κ2) is 15.9. The molecule has 1 aliphatic heterocycles. The molecule has 1 aliphatic rings. The highest BCUT2D eigenvalue weighted by molar-refractivity contribution is 7.89. The molecular weight excluding hydrogens is 572 g/mol. The quantitative estimate of drug-likeness (QED) is 0.210. The maximum Gasteiger partial charge on any atom is 0.253 e. The zero-order valence-electron chi connectivity index (χ0n) is 27.1. The number of primary sulfonamides is 1. The maximum atomic E-state index is 13.8. The van der Waals surface area contributed by atoms with Gasteiger partial charge < -0.3 is 19.7 Å². The van der Waals surface area contributed by atoms with E-state index in [1.165, 1.54) is 32.4 Å². The van der Waals surface area contributed by atoms with Gasteiger partial charge in [-0.1, -0.05) is 46.2 Å². The van der Waals surface area contributed by atoms with Gasteiger partial charge in [0.25, 0.3) is 5.91 Å². The number of nitrogens with one attached hydrogen (secondary N) is 1. The van der Waals surface area contributed by atoms with E-state index in [-0.39, 0.29) is 10.8 Å². The Bertz CT molecular complexity index is 1450. The zero-order chi connectivity index (χ0) is 31.7. The molecule has 0 atom stereocenters. The van der Waals surface area contributed by atoms with Crippen molar-refractivity contribution in [3.05, 3.63) is 53.6 Å². The predicted octanol–water partition coefficient (Wildman–Crippen LogP) is 5.75. The van der Waals surface area contributed by atoms with Crippen molar-refractivity contribution in [1.29, 1.82) is 0 Å². The number of nitrogens with two attached hydrogens (primary N) is 1. The highest BCUT2D eigenvalue weighted by Gasteiger charge is 2.20. The molecule has 0 saturated carbocycles. The minimum Gasteiger partial charge on any atom is -0.355 e. The van der Waals surface area contributed by atoms with Crippen molar-refractivity contribution in [2.24, 2.45) is 17.0 Å². The number of benzene rings is 2. The number of anilines is 1.